The van der Waals surface area contributed by atoms with Gasteiger partial charge in [-0.3, -0.25) is 14.4 Å². The van der Waals surface area contributed by atoms with Gasteiger partial charge in [0.05, 0.1) is 13.7 Å². The average molecular weight is 496 g/mol. The first kappa shape index (κ1) is 27.7. The number of esters is 5. The Morgan fingerprint density at radius 3 is 1.91 bits per heavy atom. The standard InChI is InChI=1S/C23H28O12/c1-6-30-22(28)16(15-10-8-7-9-11-15)34-23-20(33-14(4)26)18(32-13(3)25)17(31-12(2)24)19(35-23)21(27)29-5/h7-11,16-20,23H,6H2,1-5H3/t16-,17+,18-,19-,20-,23+/m1/s1. The lowest BCUT2D eigenvalue weighted by Gasteiger charge is -2.43. The Bertz CT molecular complexity index is 914. The quantitative estimate of drug-likeness (QED) is 0.354. The van der Waals surface area contributed by atoms with Gasteiger partial charge in [0.2, 0.25) is 6.29 Å². The summed E-state index contributed by atoms with van der Waals surface area (Å²) in [5.74, 6) is -4.27. The first-order chi connectivity index (χ1) is 16.6. The Morgan fingerprint density at radius 1 is 0.857 bits per heavy atom. The van der Waals surface area contributed by atoms with Crippen LogP contribution in [0.25, 0.3) is 0 Å². The molecule has 0 N–H and O–H groups in total. The molecule has 0 unspecified atom stereocenters. The number of rotatable bonds is 9. The highest BCUT2D eigenvalue weighted by Gasteiger charge is 2.56. The van der Waals surface area contributed by atoms with Gasteiger partial charge in [-0.25, -0.2) is 9.59 Å². The first-order valence-corrected chi connectivity index (χ1v) is 10.7. The van der Waals surface area contributed by atoms with Gasteiger partial charge in [0.1, 0.15) is 0 Å². The monoisotopic (exact) mass is 496 g/mol. The zero-order valence-electron chi connectivity index (χ0n) is 20.0. The smallest absolute Gasteiger partial charge is 0.340 e. The molecule has 0 spiro atoms. The molecule has 1 fully saturated rings. The van der Waals surface area contributed by atoms with Crippen molar-refractivity contribution in [3.63, 3.8) is 0 Å². The minimum atomic E-state index is -1.65. The van der Waals surface area contributed by atoms with Crippen molar-refractivity contribution in [1.29, 1.82) is 0 Å². The first-order valence-electron chi connectivity index (χ1n) is 10.7. The molecule has 12 nitrogen and oxygen atoms in total. The summed E-state index contributed by atoms with van der Waals surface area (Å²) in [6, 6.07) is 8.22. The zero-order chi connectivity index (χ0) is 26.1. The minimum absolute atomic E-state index is 0.0415. The fourth-order valence-corrected chi connectivity index (χ4v) is 3.44. The molecule has 2 rings (SSSR count). The number of methoxy groups -OCH3 is 1. The van der Waals surface area contributed by atoms with Crippen molar-refractivity contribution in [3.05, 3.63) is 35.9 Å². The third-order valence-corrected chi connectivity index (χ3v) is 4.71. The van der Waals surface area contributed by atoms with Crippen molar-refractivity contribution < 1.29 is 57.1 Å². The van der Waals surface area contributed by atoms with Gasteiger partial charge in [-0.2, -0.15) is 0 Å². The second kappa shape index (κ2) is 12.8. The number of benzene rings is 1. The van der Waals surface area contributed by atoms with Gasteiger partial charge in [-0.05, 0) is 12.5 Å². The highest BCUT2D eigenvalue weighted by molar-refractivity contribution is 5.78. The van der Waals surface area contributed by atoms with Crippen molar-refractivity contribution >= 4 is 29.8 Å². The van der Waals surface area contributed by atoms with Crippen LogP contribution in [-0.2, 0) is 57.1 Å². The molecule has 1 heterocycles. The summed E-state index contributed by atoms with van der Waals surface area (Å²) in [6.07, 6.45) is -9.30. The summed E-state index contributed by atoms with van der Waals surface area (Å²) in [5, 5.41) is 0. The molecule has 0 amide bonds. The SMILES string of the molecule is CCOC(=O)[C@H](O[C@H]1O[C@@H](C(=O)OC)[C@@H](OC(C)=O)[C@@H](OC(C)=O)[C@H]1OC(C)=O)c1ccccc1. The van der Waals surface area contributed by atoms with Crippen LogP contribution >= 0.6 is 0 Å². The van der Waals surface area contributed by atoms with Crippen LogP contribution < -0.4 is 0 Å². The predicted molar refractivity (Wildman–Crippen MR) is 114 cm³/mol. The Balaban J connectivity index is 2.56. The molecule has 0 saturated carbocycles. The maximum Gasteiger partial charge on any atom is 0.340 e. The van der Waals surface area contributed by atoms with Crippen LogP contribution in [0.3, 0.4) is 0 Å². The number of ether oxygens (including phenoxy) is 7. The van der Waals surface area contributed by atoms with E-state index >= 15 is 0 Å². The number of carbonyl (C=O) groups is 5. The fraction of sp³-hybridized carbons (Fsp3) is 0.522. The molecule has 1 aromatic carbocycles. The maximum atomic E-state index is 12.7. The topological polar surface area (TPSA) is 150 Å². The Labute approximate surface area is 201 Å². The summed E-state index contributed by atoms with van der Waals surface area (Å²) < 4.78 is 37.2. The van der Waals surface area contributed by atoms with E-state index in [2.05, 4.69) is 0 Å². The van der Waals surface area contributed by atoms with E-state index in [9.17, 15) is 24.0 Å². The lowest BCUT2D eigenvalue weighted by atomic mass is 9.97. The van der Waals surface area contributed by atoms with Crippen molar-refractivity contribution in [2.45, 2.75) is 64.5 Å². The molecular formula is C23H28O12. The predicted octanol–water partition coefficient (Wildman–Crippen LogP) is 1.00. The third-order valence-electron chi connectivity index (χ3n) is 4.71. The molecule has 0 aliphatic carbocycles. The summed E-state index contributed by atoms with van der Waals surface area (Å²) >= 11 is 0. The van der Waals surface area contributed by atoms with Crippen LogP contribution in [0.15, 0.2) is 30.3 Å². The molecule has 192 valence electrons. The summed E-state index contributed by atoms with van der Waals surface area (Å²) in [5.41, 5.74) is 0.372. The summed E-state index contributed by atoms with van der Waals surface area (Å²) in [4.78, 5) is 60.8. The lowest BCUT2D eigenvalue weighted by molar-refractivity contribution is -0.310. The van der Waals surface area contributed by atoms with Crippen LogP contribution in [-0.4, -0.2) is 74.3 Å². The van der Waals surface area contributed by atoms with Gasteiger partial charge in [0.15, 0.2) is 30.5 Å². The molecule has 0 bridgehead atoms. The van der Waals surface area contributed by atoms with Crippen molar-refractivity contribution in [2.24, 2.45) is 0 Å². The zero-order valence-corrected chi connectivity index (χ0v) is 20.0. The Morgan fingerprint density at radius 2 is 1.40 bits per heavy atom. The molecule has 1 saturated heterocycles. The van der Waals surface area contributed by atoms with Gasteiger partial charge in [0, 0.05) is 20.8 Å². The summed E-state index contributed by atoms with van der Waals surface area (Å²) in [6.45, 7) is 4.86. The molecule has 1 aliphatic heterocycles. The second-order valence-corrected chi connectivity index (χ2v) is 7.35. The maximum absolute atomic E-state index is 12.7. The molecule has 1 aromatic rings. The molecule has 35 heavy (non-hydrogen) atoms. The highest BCUT2D eigenvalue weighted by atomic mass is 16.7. The lowest BCUT2D eigenvalue weighted by Crippen LogP contribution is -2.64. The van der Waals surface area contributed by atoms with E-state index < -0.39 is 66.7 Å². The van der Waals surface area contributed by atoms with Crippen LogP contribution in [0.5, 0.6) is 0 Å². The van der Waals surface area contributed by atoms with E-state index in [-0.39, 0.29) is 6.61 Å². The van der Waals surface area contributed by atoms with Crippen LogP contribution in [0.4, 0.5) is 0 Å². The van der Waals surface area contributed by atoms with Crippen LogP contribution in [0, 0.1) is 0 Å². The molecule has 12 heteroatoms. The Hall–Kier alpha value is -3.51. The normalized spacial score (nSPS) is 24.4. The van der Waals surface area contributed by atoms with E-state index in [1.165, 1.54) is 0 Å². The van der Waals surface area contributed by atoms with Crippen molar-refractivity contribution in [1.82, 2.24) is 0 Å². The molecule has 1 aliphatic rings. The van der Waals surface area contributed by atoms with Crippen molar-refractivity contribution in [2.75, 3.05) is 13.7 Å². The van der Waals surface area contributed by atoms with E-state index in [4.69, 9.17) is 33.2 Å². The second-order valence-electron chi connectivity index (χ2n) is 7.35. The van der Waals surface area contributed by atoms with Crippen LogP contribution in [0.1, 0.15) is 39.4 Å². The van der Waals surface area contributed by atoms with E-state index in [1.807, 2.05) is 0 Å². The number of hydrogen-bond donors (Lipinski definition) is 0. The average Bonchev–Trinajstić information content (AvgIpc) is 2.79. The van der Waals surface area contributed by atoms with E-state index in [1.54, 1.807) is 37.3 Å². The van der Waals surface area contributed by atoms with E-state index in [0.29, 0.717) is 5.56 Å². The van der Waals surface area contributed by atoms with Gasteiger partial charge in [-0.1, -0.05) is 30.3 Å². The largest absolute Gasteiger partial charge is 0.467 e. The van der Waals surface area contributed by atoms with Gasteiger partial charge < -0.3 is 33.2 Å². The number of hydrogen-bond acceptors (Lipinski definition) is 12. The van der Waals surface area contributed by atoms with Crippen LogP contribution in [0.2, 0.25) is 0 Å². The minimum Gasteiger partial charge on any atom is -0.467 e. The summed E-state index contributed by atoms with van der Waals surface area (Å²) in [7, 11) is 1.07. The molecule has 6 atom stereocenters. The molecule has 0 aromatic heterocycles. The van der Waals surface area contributed by atoms with Gasteiger partial charge >= 0.3 is 29.8 Å². The number of carbonyl (C=O) groups excluding carboxylic acids is 5. The van der Waals surface area contributed by atoms with Gasteiger partial charge in [0.25, 0.3) is 0 Å². The molecular weight excluding hydrogens is 468 g/mol. The third kappa shape index (κ3) is 7.49. The van der Waals surface area contributed by atoms with Gasteiger partial charge in [-0.15, -0.1) is 0 Å². The fourth-order valence-electron chi connectivity index (χ4n) is 3.44. The Kier molecular flexibility index (Phi) is 10.2. The van der Waals surface area contributed by atoms with E-state index in [0.717, 1.165) is 27.9 Å². The molecule has 0 radical (unpaired) electrons. The highest BCUT2D eigenvalue weighted by Crippen LogP contribution is 2.33. The van der Waals surface area contributed by atoms with Crippen molar-refractivity contribution in [3.8, 4) is 0 Å².